The summed E-state index contributed by atoms with van der Waals surface area (Å²) in [6, 6.07) is 67.8. The number of hydrogen-bond acceptors (Lipinski definition) is 2. The van der Waals surface area contributed by atoms with E-state index in [4.69, 9.17) is 0 Å². The molecule has 2 saturated carbocycles. The van der Waals surface area contributed by atoms with Gasteiger partial charge in [-0.05, 0) is 144 Å². The molecule has 2 fully saturated rings. The molecule has 10 rings (SSSR count). The van der Waals surface area contributed by atoms with Gasteiger partial charge in [0.2, 0.25) is 0 Å². The number of fused-ring (bicyclic) bond motifs is 5. The molecule has 0 heterocycles. The second-order valence-corrected chi connectivity index (χ2v) is 16.3. The lowest BCUT2D eigenvalue weighted by molar-refractivity contribution is 0.320. The van der Waals surface area contributed by atoms with Gasteiger partial charge in [0.25, 0.3) is 0 Å². The highest BCUT2D eigenvalue weighted by molar-refractivity contribution is 5.86. The van der Waals surface area contributed by atoms with Crippen LogP contribution in [-0.4, -0.2) is 0 Å². The summed E-state index contributed by atoms with van der Waals surface area (Å²) >= 11 is 0. The molecule has 7 aromatic rings. The van der Waals surface area contributed by atoms with Crippen LogP contribution in [0.4, 0.5) is 34.1 Å². The monoisotopic (exact) mass is 712 g/mol. The van der Waals surface area contributed by atoms with E-state index >= 15 is 0 Å². The Morgan fingerprint density at radius 2 is 0.927 bits per heavy atom. The summed E-state index contributed by atoms with van der Waals surface area (Å²) in [7, 11) is 0. The first-order chi connectivity index (χ1) is 27.1. The van der Waals surface area contributed by atoms with Crippen LogP contribution in [-0.2, 0) is 10.8 Å². The number of benzene rings is 7. The van der Waals surface area contributed by atoms with Gasteiger partial charge in [-0.3, -0.25) is 0 Å². The Morgan fingerprint density at radius 1 is 0.473 bits per heavy atom. The van der Waals surface area contributed by atoms with Crippen LogP contribution in [0.2, 0.25) is 0 Å². The Morgan fingerprint density at radius 3 is 1.42 bits per heavy atom. The Labute approximate surface area is 326 Å². The second kappa shape index (κ2) is 13.5. The Kier molecular flexibility index (Phi) is 8.25. The summed E-state index contributed by atoms with van der Waals surface area (Å²) < 4.78 is 0. The van der Waals surface area contributed by atoms with Crippen molar-refractivity contribution in [3.63, 3.8) is 0 Å². The third kappa shape index (κ3) is 5.45. The fraction of sp³-hybridized carbons (Fsp3) is 0.208. The first-order valence-corrected chi connectivity index (χ1v) is 20.3. The summed E-state index contributed by atoms with van der Waals surface area (Å²) in [5.74, 6) is 1.45. The Hall–Kier alpha value is -5.86. The lowest BCUT2D eigenvalue weighted by atomic mass is 9.64. The molecule has 4 atom stereocenters. The van der Waals surface area contributed by atoms with E-state index < -0.39 is 0 Å². The molecule has 2 nitrogen and oxygen atoms in total. The zero-order chi connectivity index (χ0) is 37.0. The van der Waals surface area contributed by atoms with E-state index in [1.807, 2.05) is 0 Å². The molecule has 0 spiro atoms. The smallest absolute Gasteiger partial charge is 0.0465 e. The molecule has 2 bridgehead atoms. The van der Waals surface area contributed by atoms with Gasteiger partial charge in [-0.15, -0.1) is 0 Å². The third-order valence-electron chi connectivity index (χ3n) is 13.5. The van der Waals surface area contributed by atoms with E-state index in [0.29, 0.717) is 5.92 Å². The number of anilines is 6. The summed E-state index contributed by atoms with van der Waals surface area (Å²) in [4.78, 5) is 4.82. The van der Waals surface area contributed by atoms with Crippen molar-refractivity contribution < 1.29 is 0 Å². The van der Waals surface area contributed by atoms with Crippen molar-refractivity contribution in [3.05, 3.63) is 204 Å². The standard InChI is InChI=1S/C53H48N2/c1-3-52(2)50-22-14-13-21-48(50)49-34-33-47(36-51(49)52)55(44-19-11-6-12-20-44)46-31-27-40(28-32-46)53(37-38-23-24-41(53)35-38)39-25-29-45(30-26-39)54(42-15-7-4-8-16-42)43-17-9-5-10-18-43/h4-22,25-34,36,38,41H,3,23-24,35,37H2,1-2H3. The van der Waals surface area contributed by atoms with Gasteiger partial charge in [-0.1, -0.05) is 129 Å². The molecule has 55 heavy (non-hydrogen) atoms. The lowest BCUT2D eigenvalue weighted by Crippen LogP contribution is -2.34. The van der Waals surface area contributed by atoms with Crippen molar-refractivity contribution in [2.24, 2.45) is 11.8 Å². The average molecular weight is 713 g/mol. The number of nitrogens with zero attached hydrogens (tertiary/aromatic N) is 2. The Bertz CT molecular complexity index is 2400. The van der Waals surface area contributed by atoms with Gasteiger partial charge in [-0.2, -0.15) is 0 Å². The van der Waals surface area contributed by atoms with Gasteiger partial charge in [0.15, 0.2) is 0 Å². The molecule has 0 aromatic heterocycles. The fourth-order valence-electron chi connectivity index (χ4n) is 10.7. The quantitative estimate of drug-likeness (QED) is 0.147. The fourth-order valence-corrected chi connectivity index (χ4v) is 10.7. The van der Waals surface area contributed by atoms with Gasteiger partial charge < -0.3 is 9.80 Å². The van der Waals surface area contributed by atoms with Crippen LogP contribution in [0.15, 0.2) is 182 Å². The topological polar surface area (TPSA) is 6.48 Å². The van der Waals surface area contributed by atoms with Gasteiger partial charge in [-0.25, -0.2) is 0 Å². The molecule has 0 aliphatic heterocycles. The van der Waals surface area contributed by atoms with Gasteiger partial charge in [0, 0.05) is 45.0 Å². The van der Waals surface area contributed by atoms with E-state index in [-0.39, 0.29) is 10.8 Å². The summed E-state index contributed by atoms with van der Waals surface area (Å²) in [6.45, 7) is 4.75. The molecule has 3 aliphatic carbocycles. The van der Waals surface area contributed by atoms with Crippen LogP contribution >= 0.6 is 0 Å². The normalized spacial score (nSPS) is 21.9. The van der Waals surface area contributed by atoms with Crippen molar-refractivity contribution >= 4 is 34.1 Å². The highest BCUT2D eigenvalue weighted by Gasteiger charge is 2.52. The SMILES string of the molecule is CCC1(C)c2ccccc2-c2ccc(N(c3ccccc3)c3ccc(C4(c5ccc(N(c6ccccc6)c6ccccc6)cc5)CC5CCC4C5)cc3)cc21. The van der Waals surface area contributed by atoms with Crippen molar-refractivity contribution in [2.45, 2.75) is 56.8 Å². The predicted octanol–water partition coefficient (Wildman–Crippen LogP) is 14.4. The van der Waals surface area contributed by atoms with Crippen LogP contribution in [0.1, 0.15) is 68.2 Å². The molecule has 2 heteroatoms. The van der Waals surface area contributed by atoms with E-state index in [1.165, 1.54) is 93.2 Å². The maximum absolute atomic E-state index is 2.47. The van der Waals surface area contributed by atoms with E-state index in [0.717, 1.165) is 12.3 Å². The van der Waals surface area contributed by atoms with E-state index in [1.54, 1.807) is 0 Å². The summed E-state index contributed by atoms with van der Waals surface area (Å²) in [5.41, 5.74) is 15.6. The molecule has 0 radical (unpaired) electrons. The zero-order valence-electron chi connectivity index (χ0n) is 31.9. The van der Waals surface area contributed by atoms with Crippen molar-refractivity contribution in [1.82, 2.24) is 0 Å². The minimum atomic E-state index is -0.0168. The average Bonchev–Trinajstić information content (AvgIpc) is 3.95. The first kappa shape index (κ1) is 33.7. The van der Waals surface area contributed by atoms with Gasteiger partial charge >= 0.3 is 0 Å². The van der Waals surface area contributed by atoms with Crippen LogP contribution < -0.4 is 9.80 Å². The second-order valence-electron chi connectivity index (χ2n) is 16.3. The number of rotatable bonds is 9. The lowest BCUT2D eigenvalue weighted by Gasteiger charge is -2.40. The molecule has 0 saturated heterocycles. The van der Waals surface area contributed by atoms with Crippen molar-refractivity contribution in [1.29, 1.82) is 0 Å². The summed E-state index contributed by atoms with van der Waals surface area (Å²) in [5, 5.41) is 0. The molecule has 0 N–H and O–H groups in total. The highest BCUT2D eigenvalue weighted by atomic mass is 15.1. The van der Waals surface area contributed by atoms with Crippen LogP contribution in [0.25, 0.3) is 11.1 Å². The van der Waals surface area contributed by atoms with E-state index in [2.05, 4.69) is 206 Å². The predicted molar refractivity (Wildman–Crippen MR) is 231 cm³/mol. The minimum absolute atomic E-state index is 0.0168. The van der Waals surface area contributed by atoms with Gasteiger partial charge in [0.1, 0.15) is 0 Å². The molecule has 3 aliphatic rings. The zero-order valence-corrected chi connectivity index (χ0v) is 31.9. The first-order valence-electron chi connectivity index (χ1n) is 20.3. The van der Waals surface area contributed by atoms with E-state index in [9.17, 15) is 0 Å². The molecular formula is C53H48N2. The number of hydrogen-bond donors (Lipinski definition) is 0. The molecular weight excluding hydrogens is 665 g/mol. The summed E-state index contributed by atoms with van der Waals surface area (Å²) in [6.07, 6.45) is 6.27. The van der Waals surface area contributed by atoms with Gasteiger partial charge in [0.05, 0.1) is 0 Å². The van der Waals surface area contributed by atoms with Crippen molar-refractivity contribution in [2.75, 3.05) is 9.80 Å². The number of para-hydroxylation sites is 3. The van der Waals surface area contributed by atoms with Crippen molar-refractivity contribution in [3.8, 4) is 11.1 Å². The Balaban J connectivity index is 1.04. The molecule has 0 amide bonds. The third-order valence-corrected chi connectivity index (χ3v) is 13.5. The molecule has 270 valence electrons. The highest BCUT2D eigenvalue weighted by Crippen LogP contribution is 2.60. The van der Waals surface area contributed by atoms with Crippen LogP contribution in [0.3, 0.4) is 0 Å². The minimum Gasteiger partial charge on any atom is -0.311 e. The largest absolute Gasteiger partial charge is 0.311 e. The maximum atomic E-state index is 2.47. The van der Waals surface area contributed by atoms with Crippen LogP contribution in [0, 0.1) is 11.8 Å². The molecule has 7 aromatic carbocycles. The molecule has 4 unspecified atom stereocenters. The maximum Gasteiger partial charge on any atom is 0.0465 e. The van der Waals surface area contributed by atoms with Crippen LogP contribution in [0.5, 0.6) is 0 Å².